The zero-order valence-corrected chi connectivity index (χ0v) is 17.6. The number of halogens is 2. The molecule has 1 aliphatic rings. The Hall–Kier alpha value is -2.84. The lowest BCUT2D eigenvalue weighted by Gasteiger charge is -2.11. The van der Waals surface area contributed by atoms with E-state index < -0.39 is 17.9 Å². The van der Waals surface area contributed by atoms with Gasteiger partial charge in [0.05, 0.1) is 21.8 Å². The van der Waals surface area contributed by atoms with Crippen molar-refractivity contribution in [2.75, 3.05) is 18.1 Å². The van der Waals surface area contributed by atoms with Crippen molar-refractivity contribution >= 4 is 57.2 Å². The Kier molecular flexibility index (Phi) is 6.56. The van der Waals surface area contributed by atoms with Crippen LogP contribution in [0.1, 0.15) is 12.5 Å². The van der Waals surface area contributed by atoms with Crippen LogP contribution in [-0.4, -0.2) is 31.1 Å². The second-order valence-corrected chi connectivity index (χ2v) is 7.13. The molecule has 1 fully saturated rings. The number of para-hydroxylation sites is 1. The van der Waals surface area contributed by atoms with Crippen molar-refractivity contribution in [2.45, 2.75) is 6.92 Å². The van der Waals surface area contributed by atoms with Gasteiger partial charge < -0.3 is 14.8 Å². The summed E-state index contributed by atoms with van der Waals surface area (Å²) in [5.41, 5.74) is 1.14. The van der Waals surface area contributed by atoms with Gasteiger partial charge in [-0.25, -0.2) is 14.5 Å². The quantitative estimate of drug-likeness (QED) is 0.382. The Morgan fingerprint density at radius 1 is 1.24 bits per heavy atom. The Morgan fingerprint density at radius 2 is 1.97 bits per heavy atom. The summed E-state index contributed by atoms with van der Waals surface area (Å²) in [6.45, 7) is 1.67. The molecule has 2 aromatic rings. The number of hydrogen-bond donors (Lipinski definition) is 1. The van der Waals surface area contributed by atoms with E-state index in [0.29, 0.717) is 15.7 Å². The molecule has 1 aliphatic heterocycles. The molecule has 9 heteroatoms. The molecule has 3 rings (SSSR count). The van der Waals surface area contributed by atoms with Gasteiger partial charge in [0.25, 0.3) is 5.91 Å². The molecule has 1 saturated heterocycles. The first-order chi connectivity index (χ1) is 13.9. The molecule has 0 saturated carbocycles. The zero-order valence-electron chi connectivity index (χ0n) is 15.3. The molecule has 0 atom stereocenters. The van der Waals surface area contributed by atoms with Gasteiger partial charge >= 0.3 is 12.0 Å². The van der Waals surface area contributed by atoms with Crippen molar-refractivity contribution in [3.63, 3.8) is 0 Å². The van der Waals surface area contributed by atoms with Gasteiger partial charge in [0.15, 0.2) is 12.4 Å². The SMILES string of the molecule is CCOC(=O)COc1c(Cl)cc(/C=C2\NC(=O)N(c3ccccc3)C2=O)cc1Br. The summed E-state index contributed by atoms with van der Waals surface area (Å²) in [5.74, 6) is -0.715. The van der Waals surface area contributed by atoms with E-state index in [1.807, 2.05) is 0 Å². The molecule has 150 valence electrons. The van der Waals surface area contributed by atoms with Crippen molar-refractivity contribution < 1.29 is 23.9 Å². The summed E-state index contributed by atoms with van der Waals surface area (Å²) in [6.07, 6.45) is 1.51. The Labute approximate surface area is 180 Å². The molecule has 3 amide bonds. The van der Waals surface area contributed by atoms with Crippen LogP contribution in [0.2, 0.25) is 5.02 Å². The van der Waals surface area contributed by atoms with Crippen LogP contribution in [0, 0.1) is 0 Å². The number of benzene rings is 2. The topological polar surface area (TPSA) is 84.9 Å². The van der Waals surface area contributed by atoms with E-state index in [9.17, 15) is 14.4 Å². The van der Waals surface area contributed by atoms with E-state index in [2.05, 4.69) is 21.2 Å². The minimum absolute atomic E-state index is 0.113. The van der Waals surface area contributed by atoms with Crippen LogP contribution in [0.4, 0.5) is 10.5 Å². The number of rotatable bonds is 6. The van der Waals surface area contributed by atoms with Crippen LogP contribution < -0.4 is 15.0 Å². The van der Waals surface area contributed by atoms with E-state index in [4.69, 9.17) is 21.1 Å². The number of imide groups is 1. The lowest BCUT2D eigenvalue weighted by molar-refractivity contribution is -0.145. The third-order valence-electron chi connectivity index (χ3n) is 3.86. The van der Waals surface area contributed by atoms with Gasteiger partial charge in [0.1, 0.15) is 5.70 Å². The van der Waals surface area contributed by atoms with Crippen LogP contribution >= 0.6 is 27.5 Å². The number of nitrogens with zero attached hydrogens (tertiary/aromatic N) is 1. The van der Waals surface area contributed by atoms with Gasteiger partial charge in [-0.1, -0.05) is 29.8 Å². The number of esters is 1. The zero-order chi connectivity index (χ0) is 21.0. The maximum atomic E-state index is 12.7. The second kappa shape index (κ2) is 9.11. The maximum absolute atomic E-state index is 12.7. The highest BCUT2D eigenvalue weighted by molar-refractivity contribution is 9.10. The molecule has 2 aromatic carbocycles. The fraction of sp³-hybridized carbons (Fsp3) is 0.150. The number of urea groups is 1. The van der Waals surface area contributed by atoms with Crippen LogP contribution in [0.5, 0.6) is 5.75 Å². The Balaban J connectivity index is 1.81. The maximum Gasteiger partial charge on any atom is 0.344 e. The first kappa shape index (κ1) is 20.9. The molecule has 0 radical (unpaired) electrons. The van der Waals surface area contributed by atoms with Gasteiger partial charge in [-0.3, -0.25) is 4.79 Å². The number of ether oxygens (including phenoxy) is 2. The first-order valence-electron chi connectivity index (χ1n) is 8.60. The minimum Gasteiger partial charge on any atom is -0.479 e. The fourth-order valence-corrected chi connectivity index (χ4v) is 3.64. The average Bonchev–Trinajstić information content (AvgIpc) is 2.95. The highest BCUT2D eigenvalue weighted by Crippen LogP contribution is 2.35. The highest BCUT2D eigenvalue weighted by Gasteiger charge is 2.34. The fourth-order valence-electron chi connectivity index (χ4n) is 2.65. The predicted molar refractivity (Wildman–Crippen MR) is 112 cm³/mol. The number of hydrogen-bond acceptors (Lipinski definition) is 5. The summed E-state index contributed by atoms with van der Waals surface area (Å²) < 4.78 is 10.7. The molecule has 0 aromatic heterocycles. The van der Waals surface area contributed by atoms with Crippen LogP contribution in [0.15, 0.2) is 52.6 Å². The normalized spacial score (nSPS) is 14.9. The van der Waals surface area contributed by atoms with Crippen molar-refractivity contribution in [2.24, 2.45) is 0 Å². The van der Waals surface area contributed by atoms with Crippen LogP contribution in [-0.2, 0) is 14.3 Å². The smallest absolute Gasteiger partial charge is 0.344 e. The van der Waals surface area contributed by atoms with Crippen molar-refractivity contribution in [1.29, 1.82) is 0 Å². The lowest BCUT2D eigenvalue weighted by atomic mass is 10.1. The Bertz CT molecular complexity index is 971. The van der Waals surface area contributed by atoms with Gasteiger partial charge in [-0.05, 0) is 58.8 Å². The largest absolute Gasteiger partial charge is 0.479 e. The molecular weight excluding hydrogens is 464 g/mol. The minimum atomic E-state index is -0.535. The van der Waals surface area contributed by atoms with Gasteiger partial charge in [0, 0.05) is 0 Å². The number of carbonyl (C=O) groups is 3. The molecule has 0 unspecified atom stereocenters. The van der Waals surface area contributed by atoms with Crippen molar-refractivity contribution in [3.05, 3.63) is 63.2 Å². The number of amides is 3. The van der Waals surface area contributed by atoms with E-state index in [-0.39, 0.29) is 29.7 Å². The summed E-state index contributed by atoms with van der Waals surface area (Å²) in [6, 6.07) is 11.3. The molecule has 7 nitrogen and oxygen atoms in total. The van der Waals surface area contributed by atoms with Gasteiger partial charge in [-0.15, -0.1) is 0 Å². The molecular formula is C20H16BrClN2O5. The molecule has 1 N–H and O–H groups in total. The Morgan fingerprint density at radius 3 is 2.62 bits per heavy atom. The second-order valence-electron chi connectivity index (χ2n) is 5.87. The number of anilines is 1. The molecule has 29 heavy (non-hydrogen) atoms. The predicted octanol–water partition coefficient (Wildman–Crippen LogP) is 4.14. The summed E-state index contributed by atoms with van der Waals surface area (Å²) >= 11 is 9.59. The standard InChI is InChI=1S/C20H16BrClN2O5/c1-2-28-17(25)11-29-18-14(21)8-12(9-15(18)22)10-16-19(26)24(20(27)23-16)13-6-4-3-5-7-13/h3-10H,2,11H2,1H3,(H,23,27)/b16-10-. The van der Waals surface area contributed by atoms with Crippen LogP contribution in [0.3, 0.4) is 0 Å². The van der Waals surface area contributed by atoms with E-state index >= 15 is 0 Å². The summed E-state index contributed by atoms with van der Waals surface area (Å²) in [5, 5.41) is 2.78. The van der Waals surface area contributed by atoms with E-state index in [1.165, 1.54) is 6.08 Å². The number of nitrogens with one attached hydrogen (secondary N) is 1. The third-order valence-corrected chi connectivity index (χ3v) is 4.73. The van der Waals surface area contributed by atoms with E-state index in [0.717, 1.165) is 4.90 Å². The summed E-state index contributed by atoms with van der Waals surface area (Å²) in [7, 11) is 0. The van der Waals surface area contributed by atoms with Crippen LogP contribution in [0.25, 0.3) is 6.08 Å². The van der Waals surface area contributed by atoms with Crippen molar-refractivity contribution in [1.82, 2.24) is 5.32 Å². The molecule has 1 heterocycles. The number of carbonyl (C=O) groups excluding carboxylic acids is 3. The third kappa shape index (κ3) is 4.78. The summed E-state index contributed by atoms with van der Waals surface area (Å²) in [4.78, 5) is 37.4. The van der Waals surface area contributed by atoms with Crippen molar-refractivity contribution in [3.8, 4) is 5.75 Å². The molecule has 0 bridgehead atoms. The molecule has 0 aliphatic carbocycles. The van der Waals surface area contributed by atoms with Gasteiger partial charge in [-0.2, -0.15) is 0 Å². The average molecular weight is 480 g/mol. The molecule has 0 spiro atoms. The first-order valence-corrected chi connectivity index (χ1v) is 9.77. The van der Waals surface area contributed by atoms with E-state index in [1.54, 1.807) is 49.4 Å². The lowest BCUT2D eigenvalue weighted by Crippen LogP contribution is -2.30. The monoisotopic (exact) mass is 478 g/mol. The van der Waals surface area contributed by atoms with Gasteiger partial charge in [0.2, 0.25) is 0 Å². The highest BCUT2D eigenvalue weighted by atomic mass is 79.9.